The Morgan fingerprint density at radius 1 is 1.53 bits per heavy atom. The van der Waals surface area contributed by atoms with Gasteiger partial charge in [0.1, 0.15) is 0 Å². The van der Waals surface area contributed by atoms with E-state index in [0.29, 0.717) is 16.5 Å². The molecule has 1 aliphatic carbocycles. The van der Waals surface area contributed by atoms with Crippen LogP contribution in [-0.4, -0.2) is 12.5 Å². The molecule has 1 fully saturated rings. The van der Waals surface area contributed by atoms with E-state index in [0.717, 1.165) is 10.1 Å². The predicted molar refractivity (Wildman–Crippen MR) is 69.2 cm³/mol. The van der Waals surface area contributed by atoms with Crippen LogP contribution in [-0.2, 0) is 0 Å². The summed E-state index contributed by atoms with van der Waals surface area (Å²) in [6.45, 7) is 0.804. The Hall–Kier alpha value is -0.290. The zero-order valence-electron chi connectivity index (χ0n) is 8.09. The summed E-state index contributed by atoms with van der Waals surface area (Å²) in [6.07, 6.45) is 2.50. The van der Waals surface area contributed by atoms with Crippen LogP contribution in [0.1, 0.15) is 23.2 Å². The van der Waals surface area contributed by atoms with Crippen molar-refractivity contribution < 1.29 is 4.79 Å². The standard InChI is InChI=1S/C11H11ClINO/c12-9-4-3-8(5-10(9)13)11(15)14-6-7-1-2-7/h3-5,7H,1-2,6H2,(H,14,15). The second-order valence-corrected chi connectivity index (χ2v) is 5.35. The number of rotatable bonds is 3. The van der Waals surface area contributed by atoms with Gasteiger partial charge in [0.05, 0.1) is 5.02 Å². The van der Waals surface area contributed by atoms with Crippen LogP contribution >= 0.6 is 34.2 Å². The number of carbonyl (C=O) groups is 1. The average Bonchev–Trinajstić information content (AvgIpc) is 3.02. The molecule has 0 bridgehead atoms. The van der Waals surface area contributed by atoms with Gasteiger partial charge in [-0.2, -0.15) is 0 Å². The first-order valence-corrected chi connectivity index (χ1v) is 6.36. The first kappa shape index (κ1) is 11.2. The van der Waals surface area contributed by atoms with E-state index in [4.69, 9.17) is 11.6 Å². The lowest BCUT2D eigenvalue weighted by molar-refractivity contribution is 0.0952. The Bertz CT molecular complexity index is 390. The fourth-order valence-electron chi connectivity index (χ4n) is 1.30. The van der Waals surface area contributed by atoms with Crippen LogP contribution in [0.25, 0.3) is 0 Å². The van der Waals surface area contributed by atoms with Crippen molar-refractivity contribution in [1.82, 2.24) is 5.32 Å². The molecule has 0 aliphatic heterocycles. The number of amides is 1. The third kappa shape index (κ3) is 3.08. The zero-order valence-corrected chi connectivity index (χ0v) is 11.0. The average molecular weight is 336 g/mol. The van der Waals surface area contributed by atoms with E-state index < -0.39 is 0 Å². The minimum Gasteiger partial charge on any atom is -0.352 e. The first-order valence-electron chi connectivity index (χ1n) is 4.90. The number of carbonyl (C=O) groups excluding carboxylic acids is 1. The molecule has 0 atom stereocenters. The van der Waals surface area contributed by atoms with Gasteiger partial charge in [0, 0.05) is 15.7 Å². The molecular weight excluding hydrogens is 324 g/mol. The molecule has 0 unspecified atom stereocenters. The molecule has 15 heavy (non-hydrogen) atoms. The molecule has 1 N–H and O–H groups in total. The van der Waals surface area contributed by atoms with Crippen LogP contribution in [0.4, 0.5) is 0 Å². The largest absolute Gasteiger partial charge is 0.352 e. The number of hydrogen-bond donors (Lipinski definition) is 1. The van der Waals surface area contributed by atoms with Gasteiger partial charge in [-0.05, 0) is 59.5 Å². The summed E-state index contributed by atoms with van der Waals surface area (Å²) >= 11 is 8.01. The second-order valence-electron chi connectivity index (χ2n) is 3.78. The summed E-state index contributed by atoms with van der Waals surface area (Å²) in [5.74, 6) is 0.705. The van der Waals surface area contributed by atoms with Crippen molar-refractivity contribution in [3.05, 3.63) is 32.4 Å². The molecule has 0 saturated heterocycles. The topological polar surface area (TPSA) is 29.1 Å². The summed E-state index contributed by atoms with van der Waals surface area (Å²) < 4.78 is 0.910. The number of benzene rings is 1. The Morgan fingerprint density at radius 3 is 2.87 bits per heavy atom. The van der Waals surface area contributed by atoms with Crippen LogP contribution in [0.3, 0.4) is 0 Å². The molecule has 0 radical (unpaired) electrons. The van der Waals surface area contributed by atoms with E-state index in [-0.39, 0.29) is 5.91 Å². The Kier molecular flexibility index (Phi) is 3.51. The highest BCUT2D eigenvalue weighted by Gasteiger charge is 2.21. The quantitative estimate of drug-likeness (QED) is 0.845. The lowest BCUT2D eigenvalue weighted by atomic mass is 10.2. The third-order valence-corrected chi connectivity index (χ3v) is 3.97. The molecular formula is C11H11ClINO. The number of nitrogens with one attached hydrogen (secondary N) is 1. The summed E-state index contributed by atoms with van der Waals surface area (Å²) in [7, 11) is 0. The van der Waals surface area contributed by atoms with E-state index in [1.165, 1.54) is 12.8 Å². The molecule has 1 saturated carbocycles. The Morgan fingerprint density at radius 2 is 2.27 bits per heavy atom. The maximum atomic E-state index is 11.7. The minimum absolute atomic E-state index is 0.00326. The predicted octanol–water partition coefficient (Wildman–Crippen LogP) is 3.08. The van der Waals surface area contributed by atoms with E-state index in [1.54, 1.807) is 12.1 Å². The van der Waals surface area contributed by atoms with Crippen LogP contribution in [0.15, 0.2) is 18.2 Å². The SMILES string of the molecule is O=C(NCC1CC1)c1ccc(Cl)c(I)c1. The summed E-state index contributed by atoms with van der Waals surface area (Å²) in [6, 6.07) is 5.33. The van der Waals surface area contributed by atoms with Crippen molar-refractivity contribution in [2.45, 2.75) is 12.8 Å². The monoisotopic (exact) mass is 335 g/mol. The lowest BCUT2D eigenvalue weighted by Gasteiger charge is -2.05. The Balaban J connectivity index is 2.00. The third-order valence-electron chi connectivity index (χ3n) is 2.43. The van der Waals surface area contributed by atoms with E-state index >= 15 is 0 Å². The highest BCUT2D eigenvalue weighted by Crippen LogP contribution is 2.27. The maximum Gasteiger partial charge on any atom is 0.251 e. The van der Waals surface area contributed by atoms with Gasteiger partial charge in [0.2, 0.25) is 0 Å². The van der Waals surface area contributed by atoms with Gasteiger partial charge in [-0.3, -0.25) is 4.79 Å². The fourth-order valence-corrected chi connectivity index (χ4v) is 1.93. The molecule has 2 nitrogen and oxygen atoms in total. The summed E-state index contributed by atoms with van der Waals surface area (Å²) in [4.78, 5) is 11.7. The molecule has 0 heterocycles. The van der Waals surface area contributed by atoms with Gasteiger partial charge < -0.3 is 5.32 Å². The van der Waals surface area contributed by atoms with E-state index in [9.17, 15) is 4.79 Å². The van der Waals surface area contributed by atoms with Crippen LogP contribution in [0.5, 0.6) is 0 Å². The fraction of sp³-hybridized carbons (Fsp3) is 0.364. The maximum absolute atomic E-state index is 11.7. The number of hydrogen-bond acceptors (Lipinski definition) is 1. The van der Waals surface area contributed by atoms with Crippen molar-refractivity contribution in [2.75, 3.05) is 6.54 Å². The number of halogens is 2. The van der Waals surface area contributed by atoms with Crippen LogP contribution in [0, 0.1) is 9.49 Å². The molecule has 80 valence electrons. The minimum atomic E-state index is -0.00326. The zero-order chi connectivity index (χ0) is 10.8. The van der Waals surface area contributed by atoms with Gasteiger partial charge in [-0.15, -0.1) is 0 Å². The van der Waals surface area contributed by atoms with Crippen molar-refractivity contribution in [3.8, 4) is 0 Å². The second kappa shape index (κ2) is 4.70. The molecule has 4 heteroatoms. The lowest BCUT2D eigenvalue weighted by Crippen LogP contribution is -2.25. The van der Waals surface area contributed by atoms with E-state index in [1.807, 2.05) is 6.07 Å². The molecule has 1 aromatic rings. The van der Waals surface area contributed by atoms with Crippen LogP contribution in [0.2, 0.25) is 5.02 Å². The normalized spacial score (nSPS) is 15.1. The van der Waals surface area contributed by atoms with Gasteiger partial charge in [-0.1, -0.05) is 11.6 Å². The molecule has 2 rings (SSSR count). The smallest absolute Gasteiger partial charge is 0.251 e. The van der Waals surface area contributed by atoms with Gasteiger partial charge >= 0.3 is 0 Å². The van der Waals surface area contributed by atoms with Crippen molar-refractivity contribution in [1.29, 1.82) is 0 Å². The molecule has 0 spiro atoms. The molecule has 1 aromatic carbocycles. The van der Waals surface area contributed by atoms with Crippen molar-refractivity contribution >= 4 is 40.1 Å². The molecule has 1 aliphatic rings. The summed E-state index contributed by atoms with van der Waals surface area (Å²) in [5, 5.41) is 3.61. The van der Waals surface area contributed by atoms with Gasteiger partial charge in [0.15, 0.2) is 0 Å². The van der Waals surface area contributed by atoms with E-state index in [2.05, 4.69) is 27.9 Å². The van der Waals surface area contributed by atoms with Gasteiger partial charge in [0.25, 0.3) is 5.91 Å². The first-order chi connectivity index (χ1) is 7.16. The highest BCUT2D eigenvalue weighted by atomic mass is 127. The van der Waals surface area contributed by atoms with Crippen LogP contribution < -0.4 is 5.32 Å². The molecule has 1 amide bonds. The Labute approximate surface area is 108 Å². The summed E-state index contributed by atoms with van der Waals surface area (Å²) in [5.41, 5.74) is 0.685. The van der Waals surface area contributed by atoms with Crippen molar-refractivity contribution in [2.24, 2.45) is 5.92 Å². The van der Waals surface area contributed by atoms with Crippen molar-refractivity contribution in [3.63, 3.8) is 0 Å². The highest BCUT2D eigenvalue weighted by molar-refractivity contribution is 14.1. The van der Waals surface area contributed by atoms with Gasteiger partial charge in [-0.25, -0.2) is 0 Å². The molecule has 0 aromatic heterocycles.